The zero-order valence-corrected chi connectivity index (χ0v) is 13.8. The molecule has 4 rings (SSSR count). The molecule has 3 aromatic rings. The highest BCUT2D eigenvalue weighted by Crippen LogP contribution is 2.33. The molecule has 0 saturated carbocycles. The Kier molecular flexibility index (Phi) is 3.68. The van der Waals surface area contributed by atoms with Crippen molar-refractivity contribution >= 4 is 11.6 Å². The van der Waals surface area contributed by atoms with Crippen LogP contribution in [0.3, 0.4) is 0 Å². The third-order valence-electron chi connectivity index (χ3n) is 3.95. The molecular weight excluding hydrogens is 320 g/mol. The first-order valence-corrected chi connectivity index (χ1v) is 7.97. The number of rotatable bonds is 2. The number of hydrogen-bond acceptors (Lipinski definition) is 6. The van der Waals surface area contributed by atoms with E-state index in [0.717, 1.165) is 0 Å². The van der Waals surface area contributed by atoms with Crippen LogP contribution in [-0.4, -0.2) is 33.7 Å². The van der Waals surface area contributed by atoms with E-state index in [-0.39, 0.29) is 12.0 Å². The summed E-state index contributed by atoms with van der Waals surface area (Å²) in [6.07, 6.45) is 1.50. The van der Waals surface area contributed by atoms with Gasteiger partial charge in [-0.15, -0.1) is 0 Å². The number of nitrogens with zero attached hydrogens (tertiary/aromatic N) is 4. The highest BCUT2D eigenvalue weighted by molar-refractivity contribution is 6.10. The van der Waals surface area contributed by atoms with Gasteiger partial charge >= 0.3 is 0 Å². The second-order valence-electron chi connectivity index (χ2n) is 5.86. The predicted molar refractivity (Wildman–Crippen MR) is 90.5 cm³/mol. The number of fused-ring (bicyclic) bond motifs is 1. The fourth-order valence-corrected chi connectivity index (χ4v) is 2.86. The minimum Gasteiger partial charge on any atom is -0.471 e. The molecule has 0 radical (unpaired) electrons. The third kappa shape index (κ3) is 2.73. The van der Waals surface area contributed by atoms with E-state index in [1.54, 1.807) is 36.2 Å². The van der Waals surface area contributed by atoms with Crippen molar-refractivity contribution in [3.05, 3.63) is 54.0 Å². The maximum Gasteiger partial charge on any atom is 0.259 e. The minimum atomic E-state index is -0.157. The molecule has 0 aliphatic carbocycles. The van der Waals surface area contributed by atoms with Gasteiger partial charge in [0.1, 0.15) is 11.8 Å². The first kappa shape index (κ1) is 15.3. The summed E-state index contributed by atoms with van der Waals surface area (Å²) in [5.41, 5.74) is 1.76. The van der Waals surface area contributed by atoms with E-state index >= 15 is 0 Å². The molecule has 1 aliphatic heterocycles. The highest BCUT2D eigenvalue weighted by Gasteiger charge is 2.30. The van der Waals surface area contributed by atoms with Gasteiger partial charge in [0.2, 0.25) is 5.88 Å². The van der Waals surface area contributed by atoms with Crippen molar-refractivity contribution in [3.63, 3.8) is 0 Å². The van der Waals surface area contributed by atoms with Crippen LogP contribution in [0.25, 0.3) is 11.5 Å². The Bertz CT molecular complexity index is 937. The van der Waals surface area contributed by atoms with E-state index in [4.69, 9.17) is 9.26 Å². The molecule has 0 spiro atoms. The molecule has 0 saturated heterocycles. The summed E-state index contributed by atoms with van der Waals surface area (Å²) in [7, 11) is 0. The smallest absolute Gasteiger partial charge is 0.259 e. The van der Waals surface area contributed by atoms with Gasteiger partial charge in [-0.05, 0) is 38.1 Å². The largest absolute Gasteiger partial charge is 0.471 e. The van der Waals surface area contributed by atoms with E-state index < -0.39 is 0 Å². The number of anilines is 1. The summed E-state index contributed by atoms with van der Waals surface area (Å²) in [5, 5.41) is 3.81. The van der Waals surface area contributed by atoms with Crippen molar-refractivity contribution < 1.29 is 14.1 Å². The Morgan fingerprint density at radius 2 is 2.08 bits per heavy atom. The average molecular weight is 336 g/mol. The van der Waals surface area contributed by atoms with Crippen molar-refractivity contribution in [2.45, 2.75) is 20.0 Å². The Morgan fingerprint density at radius 1 is 1.24 bits per heavy atom. The van der Waals surface area contributed by atoms with Gasteiger partial charge in [-0.1, -0.05) is 17.3 Å². The summed E-state index contributed by atoms with van der Waals surface area (Å²) < 4.78 is 11.0. The number of amides is 1. The molecule has 1 amide bonds. The van der Waals surface area contributed by atoms with E-state index in [2.05, 4.69) is 15.1 Å². The van der Waals surface area contributed by atoms with Crippen LogP contribution in [0.15, 0.2) is 47.1 Å². The first-order valence-electron chi connectivity index (χ1n) is 7.97. The molecule has 1 atom stereocenters. The molecule has 7 nitrogen and oxygen atoms in total. The average Bonchev–Trinajstić information content (AvgIpc) is 3.06. The van der Waals surface area contributed by atoms with Crippen LogP contribution in [0.4, 0.5) is 5.69 Å². The van der Waals surface area contributed by atoms with Gasteiger partial charge in [0.15, 0.2) is 5.82 Å². The molecule has 0 bridgehead atoms. The molecule has 0 fully saturated rings. The number of carbonyl (C=O) groups is 1. The number of ether oxygens (including phenoxy) is 1. The van der Waals surface area contributed by atoms with Crippen LogP contribution < -0.4 is 9.64 Å². The van der Waals surface area contributed by atoms with E-state index in [1.807, 2.05) is 25.1 Å². The second kappa shape index (κ2) is 6.01. The van der Waals surface area contributed by atoms with Crippen molar-refractivity contribution in [3.8, 4) is 17.3 Å². The first-order chi connectivity index (χ1) is 12.1. The summed E-state index contributed by atoms with van der Waals surface area (Å²) in [5.74, 6) is 1.15. The summed E-state index contributed by atoms with van der Waals surface area (Å²) in [6, 6.07) is 10.8. The highest BCUT2D eigenvalue weighted by atomic mass is 16.5. The molecule has 126 valence electrons. The zero-order valence-electron chi connectivity index (χ0n) is 13.8. The molecule has 3 heterocycles. The molecule has 25 heavy (non-hydrogen) atoms. The summed E-state index contributed by atoms with van der Waals surface area (Å²) >= 11 is 0. The van der Waals surface area contributed by atoms with E-state index in [0.29, 0.717) is 41.0 Å². The van der Waals surface area contributed by atoms with Gasteiger partial charge in [0, 0.05) is 6.20 Å². The topological polar surface area (TPSA) is 81.4 Å². The Balaban J connectivity index is 1.78. The summed E-state index contributed by atoms with van der Waals surface area (Å²) in [4.78, 5) is 23.4. The maximum absolute atomic E-state index is 13.3. The predicted octanol–water partition coefficient (Wildman–Crippen LogP) is 2.87. The van der Waals surface area contributed by atoms with Crippen molar-refractivity contribution in [1.82, 2.24) is 15.1 Å². The molecule has 7 heteroatoms. The lowest BCUT2D eigenvalue weighted by Crippen LogP contribution is -2.42. The number of carbonyl (C=O) groups excluding carboxylic acids is 1. The van der Waals surface area contributed by atoms with Gasteiger partial charge in [-0.2, -0.15) is 4.98 Å². The van der Waals surface area contributed by atoms with Crippen molar-refractivity contribution in [1.29, 1.82) is 0 Å². The number of benzene rings is 1. The fourth-order valence-electron chi connectivity index (χ4n) is 2.86. The van der Waals surface area contributed by atoms with Crippen LogP contribution in [0, 0.1) is 6.92 Å². The molecule has 0 unspecified atom stereocenters. The Morgan fingerprint density at radius 3 is 2.88 bits per heavy atom. The van der Waals surface area contributed by atoms with Crippen LogP contribution in [-0.2, 0) is 0 Å². The fraction of sp³-hybridized carbons (Fsp3) is 0.222. The van der Waals surface area contributed by atoms with Crippen LogP contribution in [0.2, 0.25) is 0 Å². The molecule has 2 aromatic heterocycles. The second-order valence-corrected chi connectivity index (χ2v) is 5.86. The lowest BCUT2D eigenvalue weighted by Gasteiger charge is -2.32. The normalized spacial score (nSPS) is 16.2. The van der Waals surface area contributed by atoms with Crippen molar-refractivity contribution in [2.75, 3.05) is 11.4 Å². The molecular formula is C18H16N4O3. The molecule has 1 aromatic carbocycles. The maximum atomic E-state index is 13.3. The van der Waals surface area contributed by atoms with Gasteiger partial charge in [-0.3, -0.25) is 9.69 Å². The van der Waals surface area contributed by atoms with Gasteiger partial charge in [0.25, 0.3) is 11.8 Å². The van der Waals surface area contributed by atoms with E-state index in [1.165, 1.54) is 0 Å². The summed E-state index contributed by atoms with van der Waals surface area (Å²) in [6.45, 7) is 4.09. The van der Waals surface area contributed by atoms with Crippen molar-refractivity contribution in [2.24, 2.45) is 0 Å². The Hall–Kier alpha value is -3.22. The number of pyridine rings is 1. The standard InChI is InChI=1S/C18H16N4O3/c1-11-10-22(15-8-5-9-19-17(15)24-11)18(23)14-7-4-3-6-13(14)16-20-12(2)21-25-16/h3-9,11H,10H2,1-2H3/t11-/m0/s1. The quantitative estimate of drug-likeness (QED) is 0.716. The monoisotopic (exact) mass is 336 g/mol. The number of hydrogen-bond donors (Lipinski definition) is 0. The SMILES string of the molecule is Cc1noc(-c2ccccc2C(=O)N2C[C@H](C)Oc3ncccc32)n1. The van der Waals surface area contributed by atoms with Gasteiger partial charge < -0.3 is 9.26 Å². The van der Waals surface area contributed by atoms with Gasteiger partial charge in [-0.25, -0.2) is 4.98 Å². The minimum absolute atomic E-state index is 0.149. The van der Waals surface area contributed by atoms with E-state index in [9.17, 15) is 4.79 Å². The third-order valence-corrected chi connectivity index (χ3v) is 3.95. The molecule has 1 aliphatic rings. The lowest BCUT2D eigenvalue weighted by molar-refractivity contribution is 0.0959. The lowest BCUT2D eigenvalue weighted by atomic mass is 10.1. The zero-order chi connectivity index (χ0) is 17.4. The number of aromatic nitrogens is 3. The molecule has 0 N–H and O–H groups in total. The van der Waals surface area contributed by atoms with Crippen LogP contribution in [0.5, 0.6) is 5.88 Å². The van der Waals surface area contributed by atoms with Crippen LogP contribution in [0.1, 0.15) is 23.1 Å². The van der Waals surface area contributed by atoms with Gasteiger partial charge in [0.05, 0.1) is 17.7 Å². The van der Waals surface area contributed by atoms with Crippen LogP contribution >= 0.6 is 0 Å². The number of aryl methyl sites for hydroxylation is 1. The Labute approximate surface area is 144 Å².